The van der Waals surface area contributed by atoms with Crippen molar-refractivity contribution >= 4 is 16.0 Å². The molecule has 0 radical (unpaired) electrons. The Labute approximate surface area is 106 Å². The van der Waals surface area contributed by atoms with Gasteiger partial charge in [-0.1, -0.05) is 0 Å². The molecule has 0 atom stereocenters. The Morgan fingerprint density at radius 3 is 2.53 bits per heavy atom. The van der Waals surface area contributed by atoms with Crippen LogP contribution < -0.4 is 16.0 Å². The van der Waals surface area contributed by atoms with E-state index in [9.17, 15) is 22.8 Å². The lowest BCUT2D eigenvalue weighted by Crippen LogP contribution is -2.37. The largest absolute Gasteiger partial charge is 0.481 e. The maximum Gasteiger partial charge on any atom is 0.325 e. The number of aromatic amines is 2. The third-order valence-corrected chi connectivity index (χ3v) is 4.39. The number of rotatable bonds is 5. The van der Waals surface area contributed by atoms with Gasteiger partial charge in [0.15, 0.2) is 4.90 Å². The molecule has 2 rings (SSSR count). The highest BCUT2D eigenvalue weighted by molar-refractivity contribution is 7.89. The van der Waals surface area contributed by atoms with Crippen LogP contribution in [0.5, 0.6) is 0 Å². The molecular weight excluding hydrogens is 278 g/mol. The first kappa shape index (κ1) is 13.5. The normalized spacial score (nSPS) is 17.1. The molecule has 0 unspecified atom stereocenters. The van der Waals surface area contributed by atoms with Crippen molar-refractivity contribution in [1.29, 1.82) is 0 Å². The van der Waals surface area contributed by atoms with Crippen molar-refractivity contribution in [3.8, 4) is 0 Å². The minimum atomic E-state index is -4.16. The molecule has 10 heteroatoms. The Hall–Kier alpha value is -1.94. The van der Waals surface area contributed by atoms with Crippen LogP contribution in [0.2, 0.25) is 0 Å². The number of H-pyrrole nitrogens is 2. The van der Waals surface area contributed by atoms with Gasteiger partial charge in [0.2, 0.25) is 10.0 Å². The second kappa shape index (κ2) is 4.31. The molecule has 0 amide bonds. The van der Waals surface area contributed by atoms with Gasteiger partial charge in [0.1, 0.15) is 0 Å². The van der Waals surface area contributed by atoms with Gasteiger partial charge in [-0.2, -0.15) is 0 Å². The van der Waals surface area contributed by atoms with E-state index in [1.807, 2.05) is 4.98 Å². The Kier molecular flexibility index (Phi) is 3.06. The standard InChI is InChI=1S/C9H11N3O6S/c13-6-5(3-10-8(16)12-6)19(17,18)11-4-9(1-2-9)7(14)15/h3,11H,1-2,4H2,(H,14,15)(H2,10,12,13,16). The van der Waals surface area contributed by atoms with Crippen LogP contribution in [0.4, 0.5) is 0 Å². The molecule has 9 nitrogen and oxygen atoms in total. The molecule has 1 aromatic heterocycles. The van der Waals surface area contributed by atoms with Crippen molar-refractivity contribution in [2.45, 2.75) is 17.7 Å². The summed E-state index contributed by atoms with van der Waals surface area (Å²) in [5, 5.41) is 8.91. The summed E-state index contributed by atoms with van der Waals surface area (Å²) in [6, 6.07) is 0. The van der Waals surface area contributed by atoms with Gasteiger partial charge >= 0.3 is 11.7 Å². The zero-order chi connectivity index (χ0) is 14.3. The molecule has 4 N–H and O–H groups in total. The van der Waals surface area contributed by atoms with E-state index in [0.29, 0.717) is 12.8 Å². The Morgan fingerprint density at radius 1 is 1.42 bits per heavy atom. The smallest absolute Gasteiger partial charge is 0.325 e. The highest BCUT2D eigenvalue weighted by Gasteiger charge is 2.50. The molecule has 0 aliphatic heterocycles. The first-order valence-corrected chi connectivity index (χ1v) is 6.80. The van der Waals surface area contributed by atoms with E-state index in [4.69, 9.17) is 5.11 Å². The number of aromatic nitrogens is 2. The third kappa shape index (κ3) is 2.58. The molecule has 0 aromatic carbocycles. The van der Waals surface area contributed by atoms with Gasteiger partial charge in [-0.25, -0.2) is 17.9 Å². The summed E-state index contributed by atoms with van der Waals surface area (Å²) in [5.41, 5.74) is -2.97. The fraction of sp³-hybridized carbons (Fsp3) is 0.444. The SMILES string of the molecule is O=C(O)C1(CNS(=O)(=O)c2c[nH]c(=O)[nH]c2=O)CC1. The summed E-state index contributed by atoms with van der Waals surface area (Å²) in [6.07, 6.45) is 1.53. The van der Waals surface area contributed by atoms with Crippen LogP contribution in [0.15, 0.2) is 20.7 Å². The van der Waals surface area contributed by atoms with E-state index >= 15 is 0 Å². The summed E-state index contributed by atoms with van der Waals surface area (Å²) < 4.78 is 25.7. The molecule has 1 fully saturated rings. The van der Waals surface area contributed by atoms with Gasteiger partial charge in [0.05, 0.1) is 5.41 Å². The number of sulfonamides is 1. The molecule has 1 aliphatic carbocycles. The van der Waals surface area contributed by atoms with E-state index in [-0.39, 0.29) is 6.54 Å². The first-order chi connectivity index (χ1) is 8.77. The molecule has 1 saturated carbocycles. The van der Waals surface area contributed by atoms with Gasteiger partial charge in [-0.15, -0.1) is 0 Å². The van der Waals surface area contributed by atoms with Gasteiger partial charge in [0, 0.05) is 12.7 Å². The van der Waals surface area contributed by atoms with Crippen molar-refractivity contribution in [2.75, 3.05) is 6.54 Å². The van der Waals surface area contributed by atoms with Crippen molar-refractivity contribution in [3.05, 3.63) is 27.0 Å². The maximum atomic E-state index is 11.8. The molecule has 0 saturated heterocycles. The molecule has 19 heavy (non-hydrogen) atoms. The Bertz CT molecular complexity index is 727. The Morgan fingerprint density at radius 2 is 2.05 bits per heavy atom. The summed E-state index contributed by atoms with van der Waals surface area (Å²) in [5.74, 6) is -1.08. The van der Waals surface area contributed by atoms with Crippen LogP contribution >= 0.6 is 0 Å². The number of carbonyl (C=O) groups is 1. The quantitative estimate of drug-likeness (QED) is 0.502. The second-order valence-electron chi connectivity index (χ2n) is 4.35. The van der Waals surface area contributed by atoms with E-state index in [1.165, 1.54) is 0 Å². The summed E-state index contributed by atoms with van der Waals surface area (Å²) >= 11 is 0. The van der Waals surface area contributed by atoms with E-state index in [0.717, 1.165) is 6.20 Å². The lowest BCUT2D eigenvalue weighted by molar-refractivity contribution is -0.143. The fourth-order valence-electron chi connectivity index (χ4n) is 1.53. The van der Waals surface area contributed by atoms with Crippen molar-refractivity contribution < 1.29 is 18.3 Å². The molecule has 1 aliphatic rings. The number of aliphatic carboxylic acids is 1. The highest BCUT2D eigenvalue weighted by Crippen LogP contribution is 2.45. The van der Waals surface area contributed by atoms with E-state index in [2.05, 4.69) is 4.72 Å². The van der Waals surface area contributed by atoms with Crippen LogP contribution in [0, 0.1) is 5.41 Å². The van der Waals surface area contributed by atoms with Gasteiger partial charge in [-0.05, 0) is 12.8 Å². The van der Waals surface area contributed by atoms with Crippen LogP contribution in [0.25, 0.3) is 0 Å². The third-order valence-electron chi connectivity index (χ3n) is 2.98. The monoisotopic (exact) mass is 289 g/mol. The van der Waals surface area contributed by atoms with Crippen molar-refractivity contribution in [2.24, 2.45) is 5.41 Å². The molecular formula is C9H11N3O6S. The fourth-order valence-corrected chi connectivity index (χ4v) is 2.66. The van der Waals surface area contributed by atoms with Crippen LogP contribution in [0.1, 0.15) is 12.8 Å². The first-order valence-electron chi connectivity index (χ1n) is 5.32. The van der Waals surface area contributed by atoms with Crippen LogP contribution in [0.3, 0.4) is 0 Å². The molecule has 0 spiro atoms. The highest BCUT2D eigenvalue weighted by atomic mass is 32.2. The maximum absolute atomic E-state index is 11.8. The van der Waals surface area contributed by atoms with Crippen LogP contribution in [-0.2, 0) is 14.8 Å². The van der Waals surface area contributed by atoms with Crippen molar-refractivity contribution in [1.82, 2.24) is 14.7 Å². The van der Waals surface area contributed by atoms with Crippen LogP contribution in [-0.4, -0.2) is 36.0 Å². The molecule has 0 bridgehead atoms. The number of carboxylic acid groups (broad SMARTS) is 1. The predicted octanol–water partition coefficient (Wildman–Crippen LogP) is -1.79. The minimum Gasteiger partial charge on any atom is -0.481 e. The summed E-state index contributed by atoms with van der Waals surface area (Å²) in [6.45, 7) is -0.288. The summed E-state index contributed by atoms with van der Waals surface area (Å²) in [4.78, 5) is 36.2. The molecule has 104 valence electrons. The van der Waals surface area contributed by atoms with Crippen molar-refractivity contribution in [3.63, 3.8) is 0 Å². The van der Waals surface area contributed by atoms with Gasteiger partial charge in [0.25, 0.3) is 5.56 Å². The van der Waals surface area contributed by atoms with E-state index in [1.54, 1.807) is 4.98 Å². The summed E-state index contributed by atoms with van der Waals surface area (Å²) in [7, 11) is -4.16. The number of carboxylic acids is 1. The second-order valence-corrected chi connectivity index (χ2v) is 6.08. The van der Waals surface area contributed by atoms with Gasteiger partial charge < -0.3 is 10.1 Å². The lowest BCUT2D eigenvalue weighted by Gasteiger charge is -2.10. The van der Waals surface area contributed by atoms with Gasteiger partial charge in [-0.3, -0.25) is 14.6 Å². The molecule has 1 heterocycles. The number of hydrogen-bond donors (Lipinski definition) is 4. The molecule has 1 aromatic rings. The predicted molar refractivity (Wildman–Crippen MR) is 62.2 cm³/mol. The Balaban J connectivity index is 2.22. The topological polar surface area (TPSA) is 149 Å². The van der Waals surface area contributed by atoms with E-state index < -0.39 is 37.6 Å². The minimum absolute atomic E-state index is 0.288. The zero-order valence-electron chi connectivity index (χ0n) is 9.60. The average molecular weight is 289 g/mol. The average Bonchev–Trinajstić information content (AvgIpc) is 3.07. The lowest BCUT2D eigenvalue weighted by atomic mass is 10.1. The zero-order valence-corrected chi connectivity index (χ0v) is 10.4. The number of nitrogens with one attached hydrogen (secondary N) is 3. The number of hydrogen-bond acceptors (Lipinski definition) is 5.